The molecule has 1 heterocycles. The van der Waals surface area contributed by atoms with Gasteiger partial charge < -0.3 is 10.1 Å². The van der Waals surface area contributed by atoms with Gasteiger partial charge in [-0.3, -0.25) is 0 Å². The van der Waals surface area contributed by atoms with Gasteiger partial charge in [0.15, 0.2) is 0 Å². The Bertz CT molecular complexity index is 938. The van der Waals surface area contributed by atoms with Gasteiger partial charge in [0.2, 0.25) is 5.16 Å². The first-order valence-corrected chi connectivity index (χ1v) is 11.1. The summed E-state index contributed by atoms with van der Waals surface area (Å²) < 4.78 is 22.4. The van der Waals surface area contributed by atoms with Crippen molar-refractivity contribution in [2.75, 3.05) is 12.3 Å². The van der Waals surface area contributed by atoms with Crippen LogP contribution in [0.25, 0.3) is 0 Å². The molecular weight excluding hydrogens is 481 g/mol. The van der Waals surface area contributed by atoms with Crippen LogP contribution in [0, 0.1) is 5.82 Å². The van der Waals surface area contributed by atoms with Gasteiger partial charge in [0, 0.05) is 34.9 Å². The SMILES string of the molecule is Cn1nnnc1SCCCNCc1cc(Br)ccc1OCc1c(F)cccc1Cl. The number of thioether (sulfide) groups is 1. The predicted molar refractivity (Wildman–Crippen MR) is 116 cm³/mol. The summed E-state index contributed by atoms with van der Waals surface area (Å²) in [5.41, 5.74) is 1.34. The molecule has 0 radical (unpaired) electrons. The Labute approximate surface area is 186 Å². The maximum Gasteiger partial charge on any atom is 0.209 e. The van der Waals surface area contributed by atoms with Gasteiger partial charge in [-0.2, -0.15) is 0 Å². The van der Waals surface area contributed by atoms with Crippen LogP contribution in [0.2, 0.25) is 5.02 Å². The number of hydrogen-bond acceptors (Lipinski definition) is 6. The number of ether oxygens (including phenoxy) is 1. The fourth-order valence-electron chi connectivity index (χ4n) is 2.57. The van der Waals surface area contributed by atoms with Crippen molar-refractivity contribution in [1.82, 2.24) is 25.5 Å². The van der Waals surface area contributed by atoms with Crippen LogP contribution in [0.5, 0.6) is 5.75 Å². The molecule has 0 saturated carbocycles. The number of benzene rings is 2. The molecule has 0 bridgehead atoms. The van der Waals surface area contributed by atoms with Crippen molar-refractivity contribution in [3.05, 3.63) is 62.8 Å². The Morgan fingerprint density at radius 2 is 2.17 bits per heavy atom. The van der Waals surface area contributed by atoms with E-state index in [9.17, 15) is 4.39 Å². The van der Waals surface area contributed by atoms with Gasteiger partial charge in [-0.15, -0.1) is 5.10 Å². The summed E-state index contributed by atoms with van der Waals surface area (Å²) in [5, 5.41) is 16.0. The van der Waals surface area contributed by atoms with E-state index in [0.717, 1.165) is 33.9 Å². The average Bonchev–Trinajstić information content (AvgIpc) is 3.10. The van der Waals surface area contributed by atoms with E-state index in [2.05, 4.69) is 36.8 Å². The zero-order valence-electron chi connectivity index (χ0n) is 15.7. The molecule has 6 nitrogen and oxygen atoms in total. The number of aromatic nitrogens is 4. The molecule has 2 aromatic carbocycles. The summed E-state index contributed by atoms with van der Waals surface area (Å²) in [7, 11) is 1.82. The van der Waals surface area contributed by atoms with Crippen LogP contribution >= 0.6 is 39.3 Å². The van der Waals surface area contributed by atoms with E-state index >= 15 is 0 Å². The van der Waals surface area contributed by atoms with E-state index in [4.69, 9.17) is 16.3 Å². The first kappa shape index (κ1) is 22.0. The molecule has 0 aliphatic heterocycles. The number of nitrogens with zero attached hydrogens (tertiary/aromatic N) is 4. The minimum absolute atomic E-state index is 0.0719. The summed E-state index contributed by atoms with van der Waals surface area (Å²) in [5.74, 6) is 1.24. The molecule has 0 spiro atoms. The first-order chi connectivity index (χ1) is 14.0. The van der Waals surface area contributed by atoms with Crippen LogP contribution in [0.3, 0.4) is 0 Å². The summed E-state index contributed by atoms with van der Waals surface area (Å²) in [6, 6.07) is 10.4. The van der Waals surface area contributed by atoms with E-state index in [1.165, 1.54) is 6.07 Å². The van der Waals surface area contributed by atoms with Gasteiger partial charge in [0.1, 0.15) is 18.2 Å². The quantitative estimate of drug-likeness (QED) is 0.324. The minimum Gasteiger partial charge on any atom is -0.488 e. The molecule has 0 unspecified atom stereocenters. The smallest absolute Gasteiger partial charge is 0.209 e. The molecule has 0 fully saturated rings. The molecule has 0 aliphatic rings. The van der Waals surface area contributed by atoms with Crippen LogP contribution in [0.4, 0.5) is 4.39 Å². The van der Waals surface area contributed by atoms with Crippen molar-refractivity contribution < 1.29 is 9.13 Å². The van der Waals surface area contributed by atoms with E-state index in [1.807, 2.05) is 25.2 Å². The topological polar surface area (TPSA) is 64.9 Å². The summed E-state index contributed by atoms with van der Waals surface area (Å²) in [6.07, 6.45) is 0.965. The van der Waals surface area contributed by atoms with E-state index in [-0.39, 0.29) is 12.4 Å². The molecule has 0 amide bonds. The molecule has 1 N–H and O–H groups in total. The second-order valence-corrected chi connectivity index (χ2v) is 8.59. The number of tetrazole rings is 1. The fourth-order valence-corrected chi connectivity index (χ4v) is 3.99. The molecule has 154 valence electrons. The Hall–Kier alpha value is -1.68. The Morgan fingerprint density at radius 3 is 2.93 bits per heavy atom. The molecule has 29 heavy (non-hydrogen) atoms. The highest BCUT2D eigenvalue weighted by molar-refractivity contribution is 9.10. The number of aryl methyl sites for hydroxylation is 1. The molecule has 0 saturated heterocycles. The third-order valence-electron chi connectivity index (χ3n) is 4.08. The second-order valence-electron chi connectivity index (χ2n) is 6.20. The number of nitrogens with one attached hydrogen (secondary N) is 1. The van der Waals surface area contributed by atoms with Gasteiger partial charge in [-0.05, 0) is 53.7 Å². The molecular formula is C19H20BrClFN5OS. The molecule has 0 aliphatic carbocycles. The van der Waals surface area contributed by atoms with E-state index in [0.29, 0.717) is 22.9 Å². The van der Waals surface area contributed by atoms with E-state index < -0.39 is 0 Å². The number of rotatable bonds is 10. The van der Waals surface area contributed by atoms with Crippen LogP contribution in [-0.2, 0) is 20.2 Å². The van der Waals surface area contributed by atoms with Crippen molar-refractivity contribution in [2.45, 2.75) is 24.7 Å². The van der Waals surface area contributed by atoms with Crippen LogP contribution in [-0.4, -0.2) is 32.5 Å². The lowest BCUT2D eigenvalue weighted by Gasteiger charge is -2.14. The highest BCUT2D eigenvalue weighted by Gasteiger charge is 2.10. The number of halogens is 3. The second kappa shape index (κ2) is 10.9. The summed E-state index contributed by atoms with van der Waals surface area (Å²) in [4.78, 5) is 0. The zero-order valence-corrected chi connectivity index (χ0v) is 18.9. The van der Waals surface area contributed by atoms with Crippen LogP contribution in [0.15, 0.2) is 46.0 Å². The van der Waals surface area contributed by atoms with Gasteiger partial charge in [0.05, 0.1) is 5.02 Å². The third-order valence-corrected chi connectivity index (χ3v) is 6.03. The first-order valence-electron chi connectivity index (χ1n) is 8.94. The Kier molecular flexibility index (Phi) is 8.29. The zero-order chi connectivity index (χ0) is 20.6. The maximum absolute atomic E-state index is 14.0. The van der Waals surface area contributed by atoms with Gasteiger partial charge >= 0.3 is 0 Å². The highest BCUT2D eigenvalue weighted by Crippen LogP contribution is 2.26. The normalized spacial score (nSPS) is 11.0. The standard InChI is InChI=1S/C19H20BrClFN5OS/c1-27-19(24-25-26-27)29-9-3-8-23-11-13-10-14(20)6-7-18(13)28-12-15-16(21)4-2-5-17(15)22/h2,4-7,10,23H,3,8-9,11-12H2,1H3. The van der Waals surface area contributed by atoms with Crippen molar-refractivity contribution >= 4 is 39.3 Å². The maximum atomic E-state index is 14.0. The third kappa shape index (κ3) is 6.40. The highest BCUT2D eigenvalue weighted by atomic mass is 79.9. The summed E-state index contributed by atoms with van der Waals surface area (Å²) >= 11 is 11.2. The average molecular weight is 501 g/mol. The van der Waals surface area contributed by atoms with Gasteiger partial charge in [-0.25, -0.2) is 9.07 Å². The van der Waals surface area contributed by atoms with Crippen molar-refractivity contribution in [3.8, 4) is 5.75 Å². The fraction of sp³-hybridized carbons (Fsp3) is 0.316. The largest absolute Gasteiger partial charge is 0.488 e. The molecule has 3 rings (SSSR count). The lowest BCUT2D eigenvalue weighted by atomic mass is 10.2. The van der Waals surface area contributed by atoms with Gasteiger partial charge in [0.25, 0.3) is 0 Å². The predicted octanol–water partition coefficient (Wildman–Crippen LogP) is 4.62. The van der Waals surface area contributed by atoms with Crippen molar-refractivity contribution in [2.24, 2.45) is 7.05 Å². The minimum atomic E-state index is -0.370. The van der Waals surface area contributed by atoms with Crippen molar-refractivity contribution in [3.63, 3.8) is 0 Å². The lowest BCUT2D eigenvalue weighted by molar-refractivity contribution is 0.296. The number of hydrogen-bond donors (Lipinski definition) is 1. The molecule has 10 heteroatoms. The lowest BCUT2D eigenvalue weighted by Crippen LogP contribution is -2.16. The summed E-state index contributed by atoms with van der Waals surface area (Å²) in [6.45, 7) is 1.54. The molecule has 1 aromatic heterocycles. The Morgan fingerprint density at radius 1 is 1.31 bits per heavy atom. The van der Waals surface area contributed by atoms with Crippen LogP contribution in [0.1, 0.15) is 17.5 Å². The Balaban J connectivity index is 1.50. The molecule has 0 atom stereocenters. The monoisotopic (exact) mass is 499 g/mol. The van der Waals surface area contributed by atoms with Crippen LogP contribution < -0.4 is 10.1 Å². The molecule has 3 aromatic rings. The van der Waals surface area contributed by atoms with Crippen molar-refractivity contribution in [1.29, 1.82) is 0 Å². The van der Waals surface area contributed by atoms with Gasteiger partial charge in [-0.1, -0.05) is 45.4 Å². The van der Waals surface area contributed by atoms with E-state index in [1.54, 1.807) is 28.6 Å².